The molecule has 6 nitrogen and oxygen atoms in total. The number of carbonyl (C=O) groups is 1. The smallest absolute Gasteiger partial charge is 0.211 e. The summed E-state index contributed by atoms with van der Waals surface area (Å²) in [5.41, 5.74) is 3.00. The Morgan fingerprint density at radius 1 is 1.09 bits per heavy atom. The summed E-state index contributed by atoms with van der Waals surface area (Å²) in [5.74, 6) is 0. The van der Waals surface area contributed by atoms with E-state index in [1.165, 1.54) is 5.69 Å². The molecule has 0 aliphatic carbocycles. The summed E-state index contributed by atoms with van der Waals surface area (Å²) >= 11 is 0. The number of rotatable bonds is 4. The summed E-state index contributed by atoms with van der Waals surface area (Å²) in [5, 5.41) is 8.87. The molecule has 1 fully saturated rings. The molecule has 23 heavy (non-hydrogen) atoms. The molecule has 0 bridgehead atoms. The molecular weight excluding hydrogens is 290 g/mol. The van der Waals surface area contributed by atoms with E-state index in [1.807, 2.05) is 43.7 Å². The first-order chi connectivity index (χ1) is 11.3. The van der Waals surface area contributed by atoms with Gasteiger partial charge in [0.15, 0.2) is 0 Å². The van der Waals surface area contributed by atoms with E-state index in [1.54, 1.807) is 0 Å². The highest BCUT2D eigenvalue weighted by Gasteiger charge is 2.08. The Kier molecular flexibility index (Phi) is 6.87. The third-order valence-corrected chi connectivity index (χ3v) is 3.56. The molecule has 2 heterocycles. The van der Waals surface area contributed by atoms with Crippen LogP contribution in [0.1, 0.15) is 0 Å². The Labute approximate surface area is 136 Å². The number of aromatic nitrogens is 1. The molecule has 1 aliphatic heterocycles. The summed E-state index contributed by atoms with van der Waals surface area (Å²) in [6.07, 6.45) is 4.35. The summed E-state index contributed by atoms with van der Waals surface area (Å²) < 4.78 is 0. The van der Waals surface area contributed by atoms with Crippen LogP contribution in [0.5, 0.6) is 0 Å². The maximum absolute atomic E-state index is 10.1. The summed E-state index contributed by atoms with van der Waals surface area (Å²) in [4.78, 5) is 16.5. The van der Waals surface area contributed by atoms with E-state index in [0.717, 1.165) is 37.6 Å². The maximum atomic E-state index is 10.1. The fourth-order valence-corrected chi connectivity index (χ4v) is 2.37. The van der Waals surface area contributed by atoms with Crippen LogP contribution in [0.3, 0.4) is 0 Å². The van der Waals surface area contributed by atoms with Crippen molar-refractivity contribution in [3.05, 3.63) is 48.8 Å². The minimum absolute atomic E-state index is 0.663. The zero-order valence-electron chi connectivity index (χ0n) is 13.3. The van der Waals surface area contributed by atoms with Crippen LogP contribution in [-0.4, -0.2) is 44.6 Å². The van der Waals surface area contributed by atoms with Crippen LogP contribution in [0.4, 0.5) is 17.1 Å². The number of hydrogen-bond acceptors (Lipinski definition) is 5. The first-order valence-corrected chi connectivity index (χ1v) is 7.68. The largest absolute Gasteiger partial charge is 0.386 e. The second-order valence-electron chi connectivity index (χ2n) is 5.00. The summed E-state index contributed by atoms with van der Waals surface area (Å²) in [6.45, 7) is 4.37. The van der Waals surface area contributed by atoms with Gasteiger partial charge in [-0.15, -0.1) is 0 Å². The lowest BCUT2D eigenvalue weighted by atomic mass is 10.3. The second-order valence-corrected chi connectivity index (χ2v) is 5.00. The lowest BCUT2D eigenvalue weighted by Crippen LogP contribution is -2.43. The molecule has 0 atom stereocenters. The van der Waals surface area contributed by atoms with Crippen molar-refractivity contribution in [2.24, 2.45) is 0 Å². The van der Waals surface area contributed by atoms with Crippen molar-refractivity contribution in [2.45, 2.75) is 0 Å². The van der Waals surface area contributed by atoms with Crippen molar-refractivity contribution in [3.8, 4) is 0 Å². The minimum Gasteiger partial charge on any atom is -0.386 e. The van der Waals surface area contributed by atoms with Crippen LogP contribution in [-0.2, 0) is 4.79 Å². The summed E-state index contributed by atoms with van der Waals surface area (Å²) in [7, 11) is 1.81. The minimum atomic E-state index is 0.663. The first kappa shape index (κ1) is 16.8. The summed E-state index contributed by atoms with van der Waals surface area (Å²) in [6, 6.07) is 11.6. The Hall–Kier alpha value is -2.60. The number of nitrogens with one attached hydrogen (secondary N) is 3. The first-order valence-electron chi connectivity index (χ1n) is 7.68. The molecule has 0 spiro atoms. The van der Waals surface area contributed by atoms with E-state index >= 15 is 0 Å². The van der Waals surface area contributed by atoms with Gasteiger partial charge in [0, 0.05) is 51.3 Å². The zero-order valence-corrected chi connectivity index (χ0v) is 13.3. The number of nitrogens with zero attached hydrogens (tertiary/aromatic N) is 2. The van der Waals surface area contributed by atoms with Gasteiger partial charge in [0.1, 0.15) is 0 Å². The van der Waals surface area contributed by atoms with Crippen molar-refractivity contribution in [2.75, 3.05) is 48.8 Å². The van der Waals surface area contributed by atoms with Gasteiger partial charge in [-0.05, 0) is 24.3 Å². The zero-order chi connectivity index (χ0) is 16.3. The molecule has 1 saturated heterocycles. The number of pyridine rings is 1. The van der Waals surface area contributed by atoms with Crippen LogP contribution >= 0.6 is 0 Å². The average molecular weight is 313 g/mol. The van der Waals surface area contributed by atoms with Gasteiger partial charge in [-0.2, -0.15) is 0 Å². The molecule has 0 saturated carbocycles. The quantitative estimate of drug-likeness (QED) is 0.751. The van der Waals surface area contributed by atoms with Crippen molar-refractivity contribution in [1.82, 2.24) is 10.3 Å². The predicted molar refractivity (Wildman–Crippen MR) is 95.0 cm³/mol. The van der Waals surface area contributed by atoms with Gasteiger partial charge in [0.2, 0.25) is 6.41 Å². The lowest BCUT2D eigenvalue weighted by Gasteiger charge is -2.29. The van der Waals surface area contributed by atoms with E-state index in [2.05, 4.69) is 38.0 Å². The molecule has 3 rings (SSSR count). The van der Waals surface area contributed by atoms with Crippen molar-refractivity contribution >= 4 is 23.5 Å². The van der Waals surface area contributed by atoms with E-state index in [4.69, 9.17) is 0 Å². The molecule has 1 aliphatic rings. The Morgan fingerprint density at radius 3 is 2.35 bits per heavy atom. The maximum Gasteiger partial charge on any atom is 0.211 e. The van der Waals surface area contributed by atoms with E-state index in [0.29, 0.717) is 6.41 Å². The molecule has 0 unspecified atom stereocenters. The molecule has 122 valence electrons. The predicted octanol–water partition coefficient (Wildman–Crippen LogP) is 1.79. The molecule has 0 radical (unpaired) electrons. The number of hydrogen-bond donors (Lipinski definition) is 3. The van der Waals surface area contributed by atoms with E-state index in [-0.39, 0.29) is 0 Å². The fourth-order valence-electron chi connectivity index (χ4n) is 2.37. The van der Waals surface area contributed by atoms with Gasteiger partial charge in [-0.3, -0.25) is 9.78 Å². The Morgan fingerprint density at radius 2 is 1.74 bits per heavy atom. The molecule has 1 aromatic heterocycles. The lowest BCUT2D eigenvalue weighted by molar-refractivity contribution is -0.105. The molecule has 1 aromatic carbocycles. The highest BCUT2D eigenvalue weighted by atomic mass is 16.1. The Balaban J connectivity index is 0.000000168. The van der Waals surface area contributed by atoms with Gasteiger partial charge in [0.05, 0.1) is 11.4 Å². The van der Waals surface area contributed by atoms with Crippen LogP contribution in [0.25, 0.3) is 0 Å². The third kappa shape index (κ3) is 5.27. The van der Waals surface area contributed by atoms with Crippen molar-refractivity contribution in [3.63, 3.8) is 0 Å². The number of benzene rings is 1. The monoisotopic (exact) mass is 313 g/mol. The van der Waals surface area contributed by atoms with Gasteiger partial charge in [-0.25, -0.2) is 0 Å². The van der Waals surface area contributed by atoms with Crippen LogP contribution in [0.2, 0.25) is 0 Å². The SMILES string of the molecule is CNc1ccccc1NC=O.c1cc(N2CCNCC2)ccn1. The Bertz CT molecular complexity index is 585. The van der Waals surface area contributed by atoms with E-state index < -0.39 is 0 Å². The molecule has 3 N–H and O–H groups in total. The number of carbonyl (C=O) groups excluding carboxylic acids is 1. The standard InChI is InChI=1S/C9H13N3.C8H10N2O/c1-3-10-4-2-9(1)12-7-5-11-6-8-12;1-9-7-4-2-3-5-8(7)10-6-11/h1-4,11H,5-8H2;2-6,9H,1H3,(H,10,11). The second kappa shape index (κ2) is 9.42. The van der Waals surface area contributed by atoms with Gasteiger partial charge < -0.3 is 20.9 Å². The number of piperazine rings is 1. The number of para-hydroxylation sites is 2. The highest BCUT2D eigenvalue weighted by molar-refractivity contribution is 5.80. The topological polar surface area (TPSA) is 69.3 Å². The molecule has 1 amide bonds. The molecular formula is C17H23N5O. The molecule has 2 aromatic rings. The number of anilines is 3. The normalized spacial score (nSPS) is 13.5. The van der Waals surface area contributed by atoms with Gasteiger partial charge in [-0.1, -0.05) is 12.1 Å². The van der Waals surface area contributed by atoms with Crippen molar-refractivity contribution < 1.29 is 4.79 Å². The molecule has 6 heteroatoms. The van der Waals surface area contributed by atoms with Crippen molar-refractivity contribution in [1.29, 1.82) is 0 Å². The average Bonchev–Trinajstić information content (AvgIpc) is 2.64. The number of amides is 1. The van der Waals surface area contributed by atoms with Crippen LogP contribution in [0, 0.1) is 0 Å². The van der Waals surface area contributed by atoms with Crippen LogP contribution in [0.15, 0.2) is 48.8 Å². The van der Waals surface area contributed by atoms with Crippen LogP contribution < -0.4 is 20.9 Å². The fraction of sp³-hybridized carbons (Fsp3) is 0.294. The van der Waals surface area contributed by atoms with Gasteiger partial charge in [0.25, 0.3) is 0 Å². The third-order valence-electron chi connectivity index (χ3n) is 3.56. The van der Waals surface area contributed by atoms with E-state index in [9.17, 15) is 4.79 Å². The highest BCUT2D eigenvalue weighted by Crippen LogP contribution is 2.18. The van der Waals surface area contributed by atoms with Gasteiger partial charge >= 0.3 is 0 Å².